The number of H-pyrrole nitrogens is 1. The van der Waals surface area contributed by atoms with Crippen LogP contribution in [0.1, 0.15) is 41.1 Å². The largest absolute Gasteiger partial charge is 0.351 e. The van der Waals surface area contributed by atoms with Crippen molar-refractivity contribution in [3.05, 3.63) is 65.6 Å². The summed E-state index contributed by atoms with van der Waals surface area (Å²) in [5.41, 5.74) is 4.27. The SMILES string of the molecule is Cc1ccc(-c2nnc3n2CCCCC3)cc1NC(=O)c1cc2ccccc2[nH]1. The summed E-state index contributed by atoms with van der Waals surface area (Å²) in [6.07, 6.45) is 4.51. The molecule has 2 aromatic heterocycles. The fourth-order valence-corrected chi connectivity index (χ4v) is 3.98. The lowest BCUT2D eigenvalue weighted by molar-refractivity contribution is 0.102. The number of aryl methyl sites for hydroxylation is 2. The van der Waals surface area contributed by atoms with Crippen molar-refractivity contribution in [2.75, 3.05) is 5.32 Å². The standard InChI is InChI=1S/C23H23N5O/c1-15-10-11-17(22-27-26-21-9-3-2-6-12-28(21)22)14-19(15)25-23(29)20-13-16-7-4-5-8-18(16)24-20/h4-5,7-8,10-11,13-14,24H,2-3,6,9,12H2,1H3,(H,25,29). The minimum Gasteiger partial charge on any atom is -0.351 e. The zero-order chi connectivity index (χ0) is 19.8. The Kier molecular flexibility index (Phi) is 4.39. The second kappa shape index (κ2) is 7.20. The second-order valence-electron chi connectivity index (χ2n) is 7.66. The topological polar surface area (TPSA) is 75.6 Å². The molecule has 6 nitrogen and oxygen atoms in total. The van der Waals surface area contributed by atoms with Crippen molar-refractivity contribution >= 4 is 22.5 Å². The normalized spacial score (nSPS) is 13.8. The van der Waals surface area contributed by atoms with Gasteiger partial charge in [0.15, 0.2) is 5.82 Å². The highest BCUT2D eigenvalue weighted by Crippen LogP contribution is 2.27. The van der Waals surface area contributed by atoms with Gasteiger partial charge >= 0.3 is 0 Å². The molecule has 29 heavy (non-hydrogen) atoms. The van der Waals surface area contributed by atoms with Gasteiger partial charge in [-0.05, 0) is 43.5 Å². The molecular weight excluding hydrogens is 362 g/mol. The Labute approximate surface area is 169 Å². The number of para-hydroxylation sites is 1. The van der Waals surface area contributed by atoms with Crippen LogP contribution in [0.4, 0.5) is 5.69 Å². The lowest BCUT2D eigenvalue weighted by atomic mass is 10.1. The molecule has 6 heteroatoms. The number of carbonyl (C=O) groups is 1. The number of rotatable bonds is 3. The van der Waals surface area contributed by atoms with Gasteiger partial charge in [-0.25, -0.2) is 0 Å². The van der Waals surface area contributed by atoms with Gasteiger partial charge in [0.1, 0.15) is 11.5 Å². The number of hydrogen-bond donors (Lipinski definition) is 2. The fraction of sp³-hybridized carbons (Fsp3) is 0.261. The first kappa shape index (κ1) is 17.7. The summed E-state index contributed by atoms with van der Waals surface area (Å²) < 4.78 is 2.22. The first-order chi connectivity index (χ1) is 14.2. The van der Waals surface area contributed by atoms with E-state index in [1.54, 1.807) is 0 Å². The molecule has 1 amide bonds. The van der Waals surface area contributed by atoms with E-state index in [-0.39, 0.29) is 5.91 Å². The molecular formula is C23H23N5O. The highest BCUT2D eigenvalue weighted by molar-refractivity contribution is 6.06. The smallest absolute Gasteiger partial charge is 0.272 e. The molecule has 146 valence electrons. The Morgan fingerprint density at radius 2 is 1.97 bits per heavy atom. The number of carbonyl (C=O) groups excluding carboxylic acids is 1. The molecule has 0 radical (unpaired) electrons. The van der Waals surface area contributed by atoms with E-state index in [1.165, 1.54) is 6.42 Å². The van der Waals surface area contributed by atoms with Crippen molar-refractivity contribution in [3.8, 4) is 11.4 Å². The second-order valence-corrected chi connectivity index (χ2v) is 7.66. The molecule has 0 aliphatic carbocycles. The first-order valence-electron chi connectivity index (χ1n) is 10.1. The van der Waals surface area contributed by atoms with Crippen LogP contribution in [0.5, 0.6) is 0 Å². The Morgan fingerprint density at radius 1 is 1.07 bits per heavy atom. The van der Waals surface area contributed by atoms with E-state index in [0.29, 0.717) is 5.69 Å². The van der Waals surface area contributed by atoms with Crippen LogP contribution in [-0.4, -0.2) is 25.7 Å². The van der Waals surface area contributed by atoms with Gasteiger partial charge < -0.3 is 14.9 Å². The number of aromatic amines is 1. The average molecular weight is 385 g/mol. The molecule has 5 rings (SSSR count). The van der Waals surface area contributed by atoms with Crippen LogP contribution in [-0.2, 0) is 13.0 Å². The van der Waals surface area contributed by atoms with Gasteiger partial charge in [-0.3, -0.25) is 4.79 Å². The highest BCUT2D eigenvalue weighted by Gasteiger charge is 2.17. The molecule has 0 saturated heterocycles. The minimum atomic E-state index is -0.151. The molecule has 1 aliphatic rings. The molecule has 2 aromatic carbocycles. The Morgan fingerprint density at radius 3 is 2.86 bits per heavy atom. The van der Waals surface area contributed by atoms with E-state index in [0.717, 1.165) is 65.2 Å². The lowest BCUT2D eigenvalue weighted by Gasteiger charge is -2.11. The number of amides is 1. The van der Waals surface area contributed by atoms with Crippen LogP contribution >= 0.6 is 0 Å². The van der Waals surface area contributed by atoms with Gasteiger partial charge in [0.2, 0.25) is 0 Å². The molecule has 0 bridgehead atoms. The van der Waals surface area contributed by atoms with Crippen LogP contribution in [0.2, 0.25) is 0 Å². The number of nitrogens with zero attached hydrogens (tertiary/aromatic N) is 3. The van der Waals surface area contributed by atoms with Crippen molar-refractivity contribution < 1.29 is 4.79 Å². The maximum Gasteiger partial charge on any atom is 0.272 e. The summed E-state index contributed by atoms with van der Waals surface area (Å²) in [6, 6.07) is 15.8. The zero-order valence-electron chi connectivity index (χ0n) is 16.4. The number of fused-ring (bicyclic) bond motifs is 2. The third-order valence-corrected chi connectivity index (χ3v) is 5.63. The van der Waals surface area contributed by atoms with Crippen LogP contribution in [0.25, 0.3) is 22.3 Å². The van der Waals surface area contributed by atoms with Crippen LogP contribution in [0, 0.1) is 6.92 Å². The molecule has 4 aromatic rings. The van der Waals surface area contributed by atoms with Crippen LogP contribution in [0.3, 0.4) is 0 Å². The van der Waals surface area contributed by atoms with E-state index in [1.807, 2.05) is 49.4 Å². The summed E-state index contributed by atoms with van der Waals surface area (Å²) in [5.74, 6) is 1.78. The molecule has 1 aliphatic heterocycles. The molecule has 0 atom stereocenters. The van der Waals surface area contributed by atoms with Crippen molar-refractivity contribution in [1.82, 2.24) is 19.7 Å². The van der Waals surface area contributed by atoms with E-state index in [9.17, 15) is 4.79 Å². The van der Waals surface area contributed by atoms with E-state index >= 15 is 0 Å². The number of aromatic nitrogens is 4. The van der Waals surface area contributed by atoms with Crippen molar-refractivity contribution in [2.24, 2.45) is 0 Å². The minimum absolute atomic E-state index is 0.151. The van der Waals surface area contributed by atoms with Gasteiger partial charge in [0.05, 0.1) is 0 Å². The molecule has 0 saturated carbocycles. The third kappa shape index (κ3) is 3.31. The van der Waals surface area contributed by atoms with Gasteiger partial charge in [-0.15, -0.1) is 10.2 Å². The van der Waals surface area contributed by atoms with Gasteiger partial charge in [0.25, 0.3) is 5.91 Å². The maximum absolute atomic E-state index is 12.8. The number of nitrogens with one attached hydrogen (secondary N) is 2. The summed E-state index contributed by atoms with van der Waals surface area (Å²) in [4.78, 5) is 16.0. The summed E-state index contributed by atoms with van der Waals surface area (Å²) in [6.45, 7) is 2.94. The van der Waals surface area contributed by atoms with Gasteiger partial charge in [-0.1, -0.05) is 36.8 Å². The Hall–Kier alpha value is -3.41. The van der Waals surface area contributed by atoms with Crippen molar-refractivity contribution in [1.29, 1.82) is 0 Å². The molecule has 0 spiro atoms. The maximum atomic E-state index is 12.8. The number of hydrogen-bond acceptors (Lipinski definition) is 3. The quantitative estimate of drug-likeness (QED) is 0.536. The van der Waals surface area contributed by atoms with Gasteiger partial charge in [0, 0.05) is 35.1 Å². The van der Waals surface area contributed by atoms with Gasteiger partial charge in [-0.2, -0.15) is 0 Å². The summed E-state index contributed by atoms with van der Waals surface area (Å²) in [5, 5.41) is 12.9. The average Bonchev–Trinajstić information content (AvgIpc) is 3.27. The molecule has 0 fully saturated rings. The summed E-state index contributed by atoms with van der Waals surface area (Å²) >= 11 is 0. The zero-order valence-corrected chi connectivity index (χ0v) is 16.4. The summed E-state index contributed by atoms with van der Waals surface area (Å²) in [7, 11) is 0. The molecule has 0 unspecified atom stereocenters. The van der Waals surface area contributed by atoms with E-state index in [2.05, 4.69) is 31.1 Å². The first-order valence-corrected chi connectivity index (χ1v) is 10.1. The predicted octanol–water partition coefficient (Wildman–Crippen LogP) is 4.71. The predicted molar refractivity (Wildman–Crippen MR) is 114 cm³/mol. The molecule has 2 N–H and O–H groups in total. The fourth-order valence-electron chi connectivity index (χ4n) is 3.98. The third-order valence-electron chi connectivity index (χ3n) is 5.63. The lowest BCUT2D eigenvalue weighted by Crippen LogP contribution is -2.13. The number of anilines is 1. The van der Waals surface area contributed by atoms with E-state index in [4.69, 9.17) is 0 Å². The Bertz CT molecular complexity index is 1170. The van der Waals surface area contributed by atoms with Crippen molar-refractivity contribution in [3.63, 3.8) is 0 Å². The Balaban J connectivity index is 1.45. The highest BCUT2D eigenvalue weighted by atomic mass is 16.1. The van der Waals surface area contributed by atoms with Crippen LogP contribution in [0.15, 0.2) is 48.5 Å². The van der Waals surface area contributed by atoms with Crippen LogP contribution < -0.4 is 5.32 Å². The molecule has 3 heterocycles. The number of benzene rings is 2. The van der Waals surface area contributed by atoms with Crippen molar-refractivity contribution in [2.45, 2.75) is 39.2 Å². The monoisotopic (exact) mass is 385 g/mol. The van der Waals surface area contributed by atoms with E-state index < -0.39 is 0 Å².